The van der Waals surface area contributed by atoms with Crippen molar-refractivity contribution in [2.75, 3.05) is 52.9 Å². The van der Waals surface area contributed by atoms with Crippen molar-refractivity contribution in [3.63, 3.8) is 0 Å². The number of benzene rings is 1. The number of aliphatic hydroxyl groups is 2. The largest absolute Gasteiger partial charge is 0.454 e. The predicted octanol–water partition coefficient (Wildman–Crippen LogP) is 2.24. The molecule has 3 N–H and O–H groups in total. The van der Waals surface area contributed by atoms with Gasteiger partial charge >= 0.3 is 5.97 Å². The number of esters is 1. The maximum Gasteiger partial charge on any atom is 0.340 e. The normalized spacial score (nSPS) is 48.3. The third-order valence-corrected chi connectivity index (χ3v) is 13.9. The van der Waals surface area contributed by atoms with Crippen LogP contribution in [0.15, 0.2) is 24.3 Å². The molecule has 2 unspecified atom stereocenters. The number of hydrogen-bond donors (Lipinski definition) is 3. The first-order chi connectivity index (χ1) is 22.1. The monoisotopic (exact) mass is 640 g/mol. The van der Waals surface area contributed by atoms with Crippen LogP contribution in [0, 0.1) is 35.0 Å². The summed E-state index contributed by atoms with van der Waals surface area (Å²) in [6.07, 6.45) is 2.50. The summed E-state index contributed by atoms with van der Waals surface area (Å²) in [7, 11) is 5.07. The van der Waals surface area contributed by atoms with Crippen molar-refractivity contribution in [1.82, 2.24) is 4.90 Å². The summed E-state index contributed by atoms with van der Waals surface area (Å²) in [6.45, 7) is 4.28. The van der Waals surface area contributed by atoms with Gasteiger partial charge in [-0.1, -0.05) is 19.1 Å². The van der Waals surface area contributed by atoms with E-state index in [1.54, 1.807) is 45.6 Å². The molecule has 252 valence electrons. The van der Waals surface area contributed by atoms with E-state index in [9.17, 15) is 19.8 Å². The number of methoxy groups -OCH3 is 3. The lowest BCUT2D eigenvalue weighted by molar-refractivity contribution is -0.337. The third-order valence-electron chi connectivity index (χ3n) is 13.9. The van der Waals surface area contributed by atoms with Gasteiger partial charge in [-0.3, -0.25) is 9.69 Å². The molecule has 11 nitrogen and oxygen atoms in total. The maximum atomic E-state index is 14.3. The molecule has 2 heterocycles. The van der Waals surface area contributed by atoms with Gasteiger partial charge in [0.25, 0.3) is 0 Å². The molecule has 1 amide bonds. The molecule has 1 aromatic carbocycles. The second-order valence-electron chi connectivity index (χ2n) is 15.1. The second-order valence-corrected chi connectivity index (χ2v) is 15.1. The molecule has 8 rings (SSSR count). The van der Waals surface area contributed by atoms with Crippen LogP contribution in [0.5, 0.6) is 0 Å². The van der Waals surface area contributed by atoms with Crippen LogP contribution in [0.2, 0.25) is 0 Å². The minimum Gasteiger partial charge on any atom is -0.454 e. The van der Waals surface area contributed by atoms with E-state index in [0.29, 0.717) is 76.1 Å². The van der Waals surface area contributed by atoms with Gasteiger partial charge in [-0.05, 0) is 50.8 Å². The number of para-hydroxylation sites is 1. The molecule has 5 aliphatic carbocycles. The summed E-state index contributed by atoms with van der Waals surface area (Å²) in [5, 5.41) is 28.8. The number of likely N-dealkylation sites (tertiary alicyclic amines) is 1. The lowest BCUT2D eigenvalue weighted by Crippen LogP contribution is -2.83. The van der Waals surface area contributed by atoms with E-state index in [1.165, 1.54) is 0 Å². The van der Waals surface area contributed by atoms with Gasteiger partial charge in [-0.15, -0.1) is 0 Å². The number of amides is 1. The molecular formula is C35H48N2O9. The highest BCUT2D eigenvalue weighted by Crippen LogP contribution is 2.79. The smallest absolute Gasteiger partial charge is 0.340 e. The van der Waals surface area contributed by atoms with E-state index in [-0.39, 0.29) is 53.7 Å². The average Bonchev–Trinajstić information content (AvgIpc) is 3.75. The number of nitrogens with zero attached hydrogens (tertiary/aromatic N) is 1. The summed E-state index contributed by atoms with van der Waals surface area (Å²) >= 11 is 0. The number of likely N-dealkylation sites (N-methyl/N-ethyl adjacent to an activating group) is 1. The van der Waals surface area contributed by atoms with Crippen molar-refractivity contribution in [3.8, 4) is 0 Å². The Balaban J connectivity index is 1.21. The minimum atomic E-state index is -1.49. The van der Waals surface area contributed by atoms with E-state index in [0.717, 1.165) is 0 Å². The Kier molecular flexibility index (Phi) is 7.24. The Hall–Kier alpha value is -2.12. The predicted molar refractivity (Wildman–Crippen MR) is 165 cm³/mol. The Morgan fingerprint density at radius 3 is 2.57 bits per heavy atom. The van der Waals surface area contributed by atoms with Crippen LogP contribution in [0.1, 0.15) is 55.8 Å². The number of ether oxygens (including phenoxy) is 5. The molecule has 2 saturated heterocycles. The zero-order valence-corrected chi connectivity index (χ0v) is 27.3. The van der Waals surface area contributed by atoms with Crippen molar-refractivity contribution in [1.29, 1.82) is 0 Å². The van der Waals surface area contributed by atoms with Gasteiger partial charge in [0.1, 0.15) is 16.8 Å². The molecule has 46 heavy (non-hydrogen) atoms. The van der Waals surface area contributed by atoms with Gasteiger partial charge < -0.3 is 39.2 Å². The van der Waals surface area contributed by atoms with Gasteiger partial charge in [0, 0.05) is 76.0 Å². The molecule has 7 bridgehead atoms. The lowest BCUT2D eigenvalue weighted by Gasteiger charge is -2.70. The van der Waals surface area contributed by atoms with Crippen LogP contribution < -0.4 is 5.32 Å². The van der Waals surface area contributed by atoms with Crippen LogP contribution in [0.25, 0.3) is 0 Å². The zero-order valence-electron chi connectivity index (χ0n) is 27.3. The van der Waals surface area contributed by atoms with Crippen LogP contribution in [0.3, 0.4) is 0 Å². The molecule has 7 aliphatic rings. The summed E-state index contributed by atoms with van der Waals surface area (Å²) < 4.78 is 30.7. The number of anilines is 1. The number of rotatable bonds is 8. The van der Waals surface area contributed by atoms with Gasteiger partial charge in [0.05, 0.1) is 42.1 Å². The SMILES string of the molecule is CCN1C[C@]2(OC(=O)c3ccccc3NC(=O)C3CCOC3)CC[C@H](OC)[C@]34C1[C@H](C[C@H]23)[C@@]1(O)C[C@H](OC)[C@H]2C[C@@H]4[C@]1(O)[C@H]2OC. The molecule has 0 aromatic heterocycles. The molecule has 1 aromatic rings. The van der Waals surface area contributed by atoms with Gasteiger partial charge in [-0.2, -0.15) is 0 Å². The van der Waals surface area contributed by atoms with E-state index < -0.39 is 34.3 Å². The summed E-state index contributed by atoms with van der Waals surface area (Å²) in [4.78, 5) is 29.7. The van der Waals surface area contributed by atoms with Gasteiger partial charge in [0.15, 0.2) is 0 Å². The molecule has 0 radical (unpaired) electrons. The summed E-state index contributed by atoms with van der Waals surface area (Å²) in [6, 6.07) is 6.98. The Labute approximate surface area is 270 Å². The molecule has 7 fully saturated rings. The van der Waals surface area contributed by atoms with Crippen LogP contribution in [-0.4, -0.2) is 116 Å². The first-order valence-electron chi connectivity index (χ1n) is 17.1. The molecule has 11 heteroatoms. The van der Waals surface area contributed by atoms with Crippen molar-refractivity contribution in [2.45, 2.75) is 86.6 Å². The van der Waals surface area contributed by atoms with Crippen molar-refractivity contribution in [3.05, 3.63) is 29.8 Å². The fourth-order valence-corrected chi connectivity index (χ4v) is 12.4. The van der Waals surface area contributed by atoms with E-state index in [2.05, 4.69) is 17.1 Å². The molecule has 1 spiro atoms. The minimum absolute atomic E-state index is 0.0538. The van der Waals surface area contributed by atoms with Crippen LogP contribution in [-0.2, 0) is 28.5 Å². The highest BCUT2D eigenvalue weighted by molar-refractivity contribution is 6.02. The number of fused-ring (bicyclic) bond motifs is 2. The van der Waals surface area contributed by atoms with Crippen LogP contribution in [0.4, 0.5) is 5.69 Å². The molecule has 2 aliphatic heterocycles. The Morgan fingerprint density at radius 1 is 1.07 bits per heavy atom. The van der Waals surface area contributed by atoms with E-state index in [4.69, 9.17) is 23.7 Å². The second kappa shape index (κ2) is 10.7. The fraction of sp³-hybridized carbons (Fsp3) is 0.771. The van der Waals surface area contributed by atoms with Crippen molar-refractivity contribution >= 4 is 17.6 Å². The number of carbonyl (C=O) groups is 2. The highest BCUT2D eigenvalue weighted by Gasteiger charge is 2.89. The quantitative estimate of drug-likeness (QED) is 0.363. The van der Waals surface area contributed by atoms with E-state index >= 15 is 0 Å². The average molecular weight is 641 g/mol. The molecule has 13 atom stereocenters. The zero-order chi connectivity index (χ0) is 32.2. The number of nitrogens with one attached hydrogen (secondary N) is 1. The molecular weight excluding hydrogens is 592 g/mol. The van der Waals surface area contributed by atoms with E-state index in [1.807, 2.05) is 0 Å². The lowest BCUT2D eigenvalue weighted by atomic mass is 9.44. The summed E-state index contributed by atoms with van der Waals surface area (Å²) in [5.41, 5.74) is -3.62. The number of hydrogen-bond acceptors (Lipinski definition) is 10. The highest BCUT2D eigenvalue weighted by atomic mass is 16.6. The Bertz CT molecular complexity index is 1400. The van der Waals surface area contributed by atoms with Gasteiger partial charge in [0.2, 0.25) is 5.91 Å². The van der Waals surface area contributed by atoms with Crippen molar-refractivity contribution < 1.29 is 43.5 Å². The van der Waals surface area contributed by atoms with Crippen LogP contribution >= 0.6 is 0 Å². The number of carbonyl (C=O) groups excluding carboxylic acids is 2. The fourth-order valence-electron chi connectivity index (χ4n) is 12.4. The molecule has 5 saturated carbocycles. The third kappa shape index (κ3) is 3.68. The topological polar surface area (TPSA) is 136 Å². The summed E-state index contributed by atoms with van der Waals surface area (Å²) in [5.74, 6) is -1.74. The number of piperidine rings is 1. The first-order valence-corrected chi connectivity index (χ1v) is 17.1. The Morgan fingerprint density at radius 2 is 1.87 bits per heavy atom. The van der Waals surface area contributed by atoms with Gasteiger partial charge in [-0.25, -0.2) is 4.79 Å². The maximum absolute atomic E-state index is 14.3. The standard InChI is InChI=1S/C35H48N2O9/c1-5-37-18-32(46-31(39)20-8-6-7-9-23(20)36-30(38)19-11-13-45-17-19)12-10-27(43-3)34-25(32)15-22(28(34)37)33(40)16-24(42-2)21-14-26(34)35(33,41)29(21)44-4/h6-9,19,21-22,24-29,40-41H,5,10-18H2,1-4H3,(H,36,38)/t19?,21-,22+,24+,25-,26+,27+,28?,29+,32-,33+,34+,35+/m1/s1. The van der Waals surface area contributed by atoms with Crippen molar-refractivity contribution in [2.24, 2.45) is 35.0 Å². The first kappa shape index (κ1) is 31.2.